The van der Waals surface area contributed by atoms with Crippen molar-refractivity contribution in [2.24, 2.45) is 10.8 Å². The van der Waals surface area contributed by atoms with Gasteiger partial charge in [-0.1, -0.05) is 6.42 Å². The molecule has 0 aliphatic heterocycles. The van der Waals surface area contributed by atoms with E-state index in [0.29, 0.717) is 18.7 Å². The summed E-state index contributed by atoms with van der Waals surface area (Å²) in [6.07, 6.45) is 4.10. The third-order valence-corrected chi connectivity index (χ3v) is 2.67. The molecule has 0 bridgehead atoms. The van der Waals surface area contributed by atoms with Crippen LogP contribution in [0.1, 0.15) is 36.9 Å². The van der Waals surface area contributed by atoms with Gasteiger partial charge in [-0.25, -0.2) is 10.2 Å². The molecule has 0 aliphatic rings. The number of nitrogens with one attached hydrogen (secondary N) is 3. The Morgan fingerprint density at radius 1 is 1.29 bits per heavy atom. The molecule has 9 heteroatoms. The first-order chi connectivity index (χ1) is 9.54. The molecule has 0 aromatic carbocycles. The molecule has 0 unspecified atom stereocenters. The van der Waals surface area contributed by atoms with Crippen molar-refractivity contribution in [3.05, 3.63) is 32.1 Å². The molecule has 0 atom stereocenters. The van der Waals surface area contributed by atoms with Gasteiger partial charge in [0.1, 0.15) is 0 Å². The number of unbranched alkanes of at least 4 members (excludes halogenated alkanes) is 2. The molecule has 1 heterocycles. The molecule has 1 rings (SSSR count). The van der Waals surface area contributed by atoms with Crippen LogP contribution in [0, 0.1) is 6.92 Å². The summed E-state index contributed by atoms with van der Waals surface area (Å²) < 4.78 is 0. The fraction of sp³-hybridized carbons (Fsp3) is 0.500. The first-order valence-electron chi connectivity index (χ1n) is 6.39. The number of rotatable bonds is 7. The zero-order valence-electron chi connectivity index (χ0n) is 11.8. The summed E-state index contributed by atoms with van der Waals surface area (Å²) >= 11 is 0. The normalized spacial score (nSPS) is 10.4. The lowest BCUT2D eigenvalue weighted by atomic mass is 10.2. The summed E-state index contributed by atoms with van der Waals surface area (Å²) in [5.74, 6) is -0.225. The number of aryl methyl sites for hydroxylation is 1. The Labute approximate surface area is 127 Å². The number of hydrogen-bond donors (Lipinski definition) is 4. The average Bonchev–Trinajstić information content (AvgIpc) is 2.37. The highest BCUT2D eigenvalue weighted by molar-refractivity contribution is 5.85. The zero-order valence-corrected chi connectivity index (χ0v) is 12.6. The minimum absolute atomic E-state index is 0. The Hall–Kier alpha value is -1.93. The minimum atomic E-state index is -0.575. The van der Waals surface area contributed by atoms with E-state index in [4.69, 9.17) is 5.73 Å². The van der Waals surface area contributed by atoms with Crippen molar-refractivity contribution in [3.8, 4) is 0 Å². The Balaban J connectivity index is 0.00000400. The van der Waals surface area contributed by atoms with Gasteiger partial charge in [0, 0.05) is 12.1 Å². The maximum atomic E-state index is 11.5. The number of halogens is 1. The van der Waals surface area contributed by atoms with Crippen molar-refractivity contribution in [1.82, 2.24) is 15.4 Å². The van der Waals surface area contributed by atoms with Crippen molar-refractivity contribution in [1.29, 1.82) is 0 Å². The van der Waals surface area contributed by atoms with Gasteiger partial charge in [-0.15, -0.1) is 12.4 Å². The Morgan fingerprint density at radius 2 is 2.00 bits per heavy atom. The van der Waals surface area contributed by atoms with E-state index in [1.54, 1.807) is 6.92 Å². The van der Waals surface area contributed by atoms with E-state index in [1.165, 1.54) is 6.21 Å². The number of nitrogens with two attached hydrogens (primary N) is 1. The lowest BCUT2D eigenvalue weighted by Gasteiger charge is -2.00. The average molecular weight is 318 g/mol. The van der Waals surface area contributed by atoms with Crippen LogP contribution in [0.15, 0.2) is 14.7 Å². The molecule has 0 saturated carbocycles. The van der Waals surface area contributed by atoms with E-state index >= 15 is 0 Å². The monoisotopic (exact) mass is 317 g/mol. The summed E-state index contributed by atoms with van der Waals surface area (Å²) in [4.78, 5) is 38.4. The lowest BCUT2D eigenvalue weighted by Crippen LogP contribution is -2.27. The molecular formula is C12H20ClN5O3. The highest BCUT2D eigenvalue weighted by Crippen LogP contribution is 1.98. The number of hydrogen-bond acceptors (Lipinski definition) is 5. The summed E-state index contributed by atoms with van der Waals surface area (Å²) in [5.41, 5.74) is 7.14. The molecule has 0 radical (unpaired) electrons. The van der Waals surface area contributed by atoms with Crippen molar-refractivity contribution in [2.45, 2.75) is 32.6 Å². The smallest absolute Gasteiger partial charge is 0.325 e. The number of carbonyl (C=O) groups is 1. The summed E-state index contributed by atoms with van der Waals surface area (Å²) in [6.45, 7) is 2.20. The number of aromatic nitrogens is 2. The van der Waals surface area contributed by atoms with Crippen LogP contribution in [0.4, 0.5) is 0 Å². The summed E-state index contributed by atoms with van der Waals surface area (Å²) in [5, 5.41) is 3.70. The number of amides is 1. The van der Waals surface area contributed by atoms with Gasteiger partial charge in [0.2, 0.25) is 5.91 Å². The lowest BCUT2D eigenvalue weighted by molar-refractivity contribution is -0.121. The maximum absolute atomic E-state index is 11.5. The Bertz CT molecular complexity index is 593. The molecule has 8 nitrogen and oxygen atoms in total. The number of carbonyl (C=O) groups excluding carboxylic acids is 1. The van der Waals surface area contributed by atoms with Crippen LogP contribution in [-0.2, 0) is 4.79 Å². The van der Waals surface area contributed by atoms with Crippen LogP contribution in [0.2, 0.25) is 0 Å². The van der Waals surface area contributed by atoms with Gasteiger partial charge in [-0.3, -0.25) is 14.6 Å². The second kappa shape index (κ2) is 9.89. The molecule has 5 N–H and O–H groups in total. The SMILES string of the molecule is Cc1[nH]c(=O)[nH]c(=O)c1/C=N/NC(=O)CCCCCN.Cl. The van der Waals surface area contributed by atoms with Crippen LogP contribution in [-0.4, -0.2) is 28.6 Å². The number of hydrazone groups is 1. The van der Waals surface area contributed by atoms with Gasteiger partial charge in [-0.05, 0) is 26.3 Å². The van der Waals surface area contributed by atoms with E-state index in [0.717, 1.165) is 19.3 Å². The highest BCUT2D eigenvalue weighted by atomic mass is 35.5. The molecule has 0 fully saturated rings. The summed E-state index contributed by atoms with van der Waals surface area (Å²) in [7, 11) is 0. The third-order valence-electron chi connectivity index (χ3n) is 2.67. The summed E-state index contributed by atoms with van der Waals surface area (Å²) in [6, 6.07) is 0. The standard InChI is InChI=1S/C12H19N5O3.ClH/c1-8-9(11(19)16-12(20)15-8)7-14-17-10(18)5-3-2-4-6-13;/h7H,2-6,13H2,1H3,(H,17,18)(H2,15,16,19,20);1H/b14-7+;. The molecule has 0 saturated heterocycles. The molecule has 0 aliphatic carbocycles. The third kappa shape index (κ3) is 6.87. The Morgan fingerprint density at radius 3 is 2.62 bits per heavy atom. The second-order valence-corrected chi connectivity index (χ2v) is 4.34. The molecule has 0 spiro atoms. The quantitative estimate of drug-likeness (QED) is 0.314. The van der Waals surface area contributed by atoms with Crippen molar-refractivity contribution < 1.29 is 4.79 Å². The van der Waals surface area contributed by atoms with Crippen LogP contribution < -0.4 is 22.4 Å². The van der Waals surface area contributed by atoms with E-state index in [-0.39, 0.29) is 23.9 Å². The van der Waals surface area contributed by atoms with Gasteiger partial charge in [0.15, 0.2) is 0 Å². The number of H-pyrrole nitrogens is 2. The topological polar surface area (TPSA) is 133 Å². The number of nitrogens with zero attached hydrogens (tertiary/aromatic N) is 1. The first kappa shape index (κ1) is 19.1. The van der Waals surface area contributed by atoms with Gasteiger partial charge in [0.05, 0.1) is 11.8 Å². The predicted octanol–water partition coefficient (Wildman–Crippen LogP) is -0.237. The fourth-order valence-corrected chi connectivity index (χ4v) is 1.60. The van der Waals surface area contributed by atoms with Gasteiger partial charge >= 0.3 is 5.69 Å². The van der Waals surface area contributed by atoms with Gasteiger partial charge < -0.3 is 10.7 Å². The van der Waals surface area contributed by atoms with Crippen molar-refractivity contribution >= 4 is 24.5 Å². The minimum Gasteiger partial charge on any atom is -0.330 e. The molecule has 1 aromatic heterocycles. The maximum Gasteiger partial charge on any atom is 0.325 e. The fourth-order valence-electron chi connectivity index (χ4n) is 1.60. The van der Waals surface area contributed by atoms with Gasteiger partial charge in [-0.2, -0.15) is 5.10 Å². The Kier molecular flexibility index (Phi) is 8.98. The van der Waals surface area contributed by atoms with E-state index in [9.17, 15) is 14.4 Å². The van der Waals surface area contributed by atoms with E-state index in [2.05, 4.69) is 20.5 Å². The molecule has 118 valence electrons. The predicted molar refractivity (Wildman–Crippen MR) is 82.9 cm³/mol. The molecule has 1 aromatic rings. The van der Waals surface area contributed by atoms with Crippen LogP contribution in [0.25, 0.3) is 0 Å². The van der Waals surface area contributed by atoms with Crippen LogP contribution >= 0.6 is 12.4 Å². The van der Waals surface area contributed by atoms with E-state index in [1.807, 2.05) is 0 Å². The van der Waals surface area contributed by atoms with Crippen LogP contribution in [0.5, 0.6) is 0 Å². The van der Waals surface area contributed by atoms with Gasteiger partial charge in [0.25, 0.3) is 5.56 Å². The highest BCUT2D eigenvalue weighted by Gasteiger charge is 2.03. The van der Waals surface area contributed by atoms with E-state index < -0.39 is 11.2 Å². The molecule has 1 amide bonds. The zero-order chi connectivity index (χ0) is 15.0. The number of aromatic amines is 2. The van der Waals surface area contributed by atoms with Crippen molar-refractivity contribution in [2.75, 3.05) is 6.54 Å². The first-order valence-corrected chi connectivity index (χ1v) is 6.39. The van der Waals surface area contributed by atoms with Crippen molar-refractivity contribution in [3.63, 3.8) is 0 Å². The molecule has 21 heavy (non-hydrogen) atoms. The second-order valence-electron chi connectivity index (χ2n) is 4.34. The largest absolute Gasteiger partial charge is 0.330 e. The molecular weight excluding hydrogens is 298 g/mol. The van der Waals surface area contributed by atoms with Crippen LogP contribution in [0.3, 0.4) is 0 Å².